The number of aromatic nitrogens is 2. The average molecular weight is 274 g/mol. The summed E-state index contributed by atoms with van der Waals surface area (Å²) in [6.07, 6.45) is -0.153. The van der Waals surface area contributed by atoms with E-state index in [4.69, 9.17) is 9.15 Å². The van der Waals surface area contributed by atoms with Crippen molar-refractivity contribution in [1.29, 1.82) is 0 Å². The number of ether oxygens (including phenoxy) is 1. The fourth-order valence-corrected chi connectivity index (χ4v) is 1.62. The van der Waals surface area contributed by atoms with Gasteiger partial charge in [-0.15, -0.1) is 10.2 Å². The highest BCUT2D eigenvalue weighted by Crippen LogP contribution is 2.23. The Kier molecular flexibility index (Phi) is 4.17. The Bertz CT molecular complexity index is 605. The van der Waals surface area contributed by atoms with Gasteiger partial charge in [-0.3, -0.25) is 0 Å². The zero-order chi connectivity index (χ0) is 14.7. The number of hydrogen-bond donors (Lipinski definition) is 0. The quantitative estimate of drug-likeness (QED) is 0.801. The fraction of sp³-hybridized carbons (Fsp3) is 0.400. The highest BCUT2D eigenvalue weighted by atomic mass is 16.5. The van der Waals surface area contributed by atoms with Crippen LogP contribution in [0.2, 0.25) is 0 Å². The molecule has 1 heterocycles. The van der Waals surface area contributed by atoms with Crippen molar-refractivity contribution >= 4 is 5.97 Å². The molecule has 0 radical (unpaired) electrons. The molecule has 0 spiro atoms. The lowest BCUT2D eigenvalue weighted by atomic mass is 10.1. The summed E-state index contributed by atoms with van der Waals surface area (Å²) < 4.78 is 10.8. The lowest BCUT2D eigenvalue weighted by Crippen LogP contribution is -2.20. The van der Waals surface area contributed by atoms with Crippen LogP contribution < -0.4 is 0 Å². The standard InChI is InChI=1S/C15H18N2O3/c1-9(2)10(3)19-15(18)13-8-6-5-7-12(13)14-17-16-11(4)20-14/h5-10H,1-4H3. The Balaban J connectivity index is 2.31. The second-order valence-electron chi connectivity index (χ2n) is 5.03. The van der Waals surface area contributed by atoms with Gasteiger partial charge in [-0.25, -0.2) is 4.79 Å². The molecule has 2 aromatic rings. The maximum atomic E-state index is 12.2. The molecule has 1 aromatic carbocycles. The number of aryl methyl sites for hydroxylation is 1. The first-order chi connectivity index (χ1) is 9.49. The first-order valence-corrected chi connectivity index (χ1v) is 6.59. The predicted octanol–water partition coefficient (Wildman–Crippen LogP) is 3.25. The molecule has 0 fully saturated rings. The van der Waals surface area contributed by atoms with Crippen molar-refractivity contribution in [3.63, 3.8) is 0 Å². The molecule has 5 nitrogen and oxygen atoms in total. The second kappa shape index (κ2) is 5.86. The third kappa shape index (κ3) is 3.04. The van der Waals surface area contributed by atoms with Crippen LogP contribution in [0.4, 0.5) is 0 Å². The first kappa shape index (κ1) is 14.2. The number of benzene rings is 1. The van der Waals surface area contributed by atoms with E-state index in [0.29, 0.717) is 22.9 Å². The van der Waals surface area contributed by atoms with Crippen molar-refractivity contribution in [3.8, 4) is 11.5 Å². The Hall–Kier alpha value is -2.17. The maximum absolute atomic E-state index is 12.2. The van der Waals surface area contributed by atoms with Gasteiger partial charge in [0.1, 0.15) is 6.10 Å². The van der Waals surface area contributed by atoms with Gasteiger partial charge in [0.25, 0.3) is 0 Å². The summed E-state index contributed by atoms with van der Waals surface area (Å²) in [5.41, 5.74) is 1.03. The minimum atomic E-state index is -0.377. The van der Waals surface area contributed by atoms with Gasteiger partial charge in [0.05, 0.1) is 11.1 Å². The van der Waals surface area contributed by atoms with Crippen molar-refractivity contribution in [3.05, 3.63) is 35.7 Å². The van der Waals surface area contributed by atoms with Gasteiger partial charge in [0, 0.05) is 6.92 Å². The third-order valence-electron chi connectivity index (χ3n) is 3.14. The topological polar surface area (TPSA) is 65.2 Å². The molecule has 2 rings (SSSR count). The van der Waals surface area contributed by atoms with E-state index >= 15 is 0 Å². The highest BCUT2D eigenvalue weighted by Gasteiger charge is 2.20. The molecule has 1 unspecified atom stereocenters. The molecule has 0 aliphatic heterocycles. The Labute approximate surface area is 118 Å². The van der Waals surface area contributed by atoms with E-state index in [-0.39, 0.29) is 18.0 Å². The van der Waals surface area contributed by atoms with Crippen molar-refractivity contribution in [2.75, 3.05) is 0 Å². The average Bonchev–Trinajstić information content (AvgIpc) is 2.85. The normalized spacial score (nSPS) is 12.4. The summed E-state index contributed by atoms with van der Waals surface area (Å²) in [7, 11) is 0. The van der Waals surface area contributed by atoms with Gasteiger partial charge in [0.15, 0.2) is 0 Å². The first-order valence-electron chi connectivity index (χ1n) is 6.59. The minimum Gasteiger partial charge on any atom is -0.459 e. The van der Waals surface area contributed by atoms with Crippen LogP contribution >= 0.6 is 0 Å². The minimum absolute atomic E-state index is 0.153. The molecule has 0 bridgehead atoms. The lowest BCUT2D eigenvalue weighted by Gasteiger charge is -2.17. The third-order valence-corrected chi connectivity index (χ3v) is 3.14. The van der Waals surface area contributed by atoms with Gasteiger partial charge in [-0.05, 0) is 25.0 Å². The number of carbonyl (C=O) groups excluding carboxylic acids is 1. The number of esters is 1. The lowest BCUT2D eigenvalue weighted by molar-refractivity contribution is 0.0238. The van der Waals surface area contributed by atoms with Crippen LogP contribution in [-0.4, -0.2) is 22.3 Å². The van der Waals surface area contributed by atoms with Gasteiger partial charge < -0.3 is 9.15 Å². The van der Waals surface area contributed by atoms with Crippen LogP contribution in [0, 0.1) is 12.8 Å². The molecule has 0 saturated heterocycles. The van der Waals surface area contributed by atoms with E-state index in [0.717, 1.165) is 0 Å². The number of hydrogen-bond acceptors (Lipinski definition) is 5. The summed E-state index contributed by atoms with van der Waals surface area (Å²) in [6, 6.07) is 7.06. The highest BCUT2D eigenvalue weighted by molar-refractivity contribution is 5.96. The SMILES string of the molecule is Cc1nnc(-c2ccccc2C(=O)OC(C)C(C)C)o1. The summed E-state index contributed by atoms with van der Waals surface area (Å²) in [5, 5.41) is 7.73. The van der Waals surface area contributed by atoms with Crippen molar-refractivity contribution in [1.82, 2.24) is 10.2 Å². The molecule has 1 atom stereocenters. The van der Waals surface area contributed by atoms with Crippen molar-refractivity contribution in [2.24, 2.45) is 5.92 Å². The predicted molar refractivity (Wildman–Crippen MR) is 74.2 cm³/mol. The zero-order valence-electron chi connectivity index (χ0n) is 12.1. The molecule has 1 aromatic heterocycles. The van der Waals surface area contributed by atoms with E-state index in [1.165, 1.54) is 0 Å². The number of rotatable bonds is 4. The van der Waals surface area contributed by atoms with Crippen molar-refractivity contribution < 1.29 is 13.9 Å². The van der Waals surface area contributed by atoms with E-state index < -0.39 is 0 Å². The van der Waals surface area contributed by atoms with E-state index in [1.807, 2.05) is 26.8 Å². The van der Waals surface area contributed by atoms with Crippen LogP contribution in [0.1, 0.15) is 37.0 Å². The molecule has 0 N–H and O–H groups in total. The largest absolute Gasteiger partial charge is 0.459 e. The van der Waals surface area contributed by atoms with E-state index in [2.05, 4.69) is 10.2 Å². The smallest absolute Gasteiger partial charge is 0.339 e. The van der Waals surface area contributed by atoms with E-state index in [9.17, 15) is 4.79 Å². The number of nitrogens with zero attached hydrogens (tertiary/aromatic N) is 2. The summed E-state index contributed by atoms with van der Waals surface area (Å²) in [4.78, 5) is 12.2. The van der Waals surface area contributed by atoms with Gasteiger partial charge in [-0.1, -0.05) is 26.0 Å². The molecule has 0 amide bonds. The van der Waals surface area contributed by atoms with Crippen LogP contribution in [0.15, 0.2) is 28.7 Å². The van der Waals surface area contributed by atoms with Crippen LogP contribution in [-0.2, 0) is 4.74 Å². The Morgan fingerprint density at radius 3 is 2.50 bits per heavy atom. The van der Waals surface area contributed by atoms with Crippen LogP contribution in [0.3, 0.4) is 0 Å². The summed E-state index contributed by atoms with van der Waals surface area (Å²) in [6.45, 7) is 7.59. The Morgan fingerprint density at radius 2 is 1.90 bits per heavy atom. The molecule has 20 heavy (non-hydrogen) atoms. The molecular weight excluding hydrogens is 256 g/mol. The van der Waals surface area contributed by atoms with Gasteiger partial charge in [-0.2, -0.15) is 0 Å². The molecule has 106 valence electrons. The summed E-state index contributed by atoms with van der Waals surface area (Å²) >= 11 is 0. The molecule has 5 heteroatoms. The number of carbonyl (C=O) groups is 1. The maximum Gasteiger partial charge on any atom is 0.339 e. The Morgan fingerprint density at radius 1 is 1.20 bits per heavy atom. The monoisotopic (exact) mass is 274 g/mol. The van der Waals surface area contributed by atoms with Crippen LogP contribution in [0.5, 0.6) is 0 Å². The second-order valence-corrected chi connectivity index (χ2v) is 5.03. The van der Waals surface area contributed by atoms with Gasteiger partial charge in [0.2, 0.25) is 11.8 Å². The molecule has 0 saturated carbocycles. The zero-order valence-corrected chi connectivity index (χ0v) is 12.1. The summed E-state index contributed by atoms with van der Waals surface area (Å²) in [5.74, 6) is 0.667. The van der Waals surface area contributed by atoms with Crippen LogP contribution in [0.25, 0.3) is 11.5 Å². The fourth-order valence-electron chi connectivity index (χ4n) is 1.62. The van der Waals surface area contributed by atoms with E-state index in [1.54, 1.807) is 25.1 Å². The van der Waals surface area contributed by atoms with Gasteiger partial charge >= 0.3 is 5.97 Å². The molecular formula is C15H18N2O3. The molecule has 0 aliphatic rings. The molecule has 0 aliphatic carbocycles. The van der Waals surface area contributed by atoms with Crippen molar-refractivity contribution in [2.45, 2.75) is 33.8 Å².